The van der Waals surface area contributed by atoms with Gasteiger partial charge in [-0.2, -0.15) is 0 Å². The number of unbranched alkanes of at least 4 members (excludes halogenated alkanes) is 1. The molecule has 10 heteroatoms. The molecule has 1 aromatic carbocycles. The van der Waals surface area contributed by atoms with Crippen LogP contribution in [0, 0.1) is 5.82 Å². The third-order valence-corrected chi connectivity index (χ3v) is 6.56. The molecule has 1 aliphatic heterocycles. The number of halogens is 2. The Hall–Kier alpha value is -1.68. The Morgan fingerprint density at radius 1 is 1.32 bits per heavy atom. The molecule has 7 nitrogen and oxygen atoms in total. The number of nitrogens with zero attached hydrogens (tertiary/aromatic N) is 1. The van der Waals surface area contributed by atoms with Crippen molar-refractivity contribution in [3.63, 3.8) is 0 Å². The number of carbonyl (C=O) groups excluding carboxylic acids is 2. The minimum Gasteiger partial charge on any atom is -0.479 e. The molecule has 1 aromatic rings. The van der Waals surface area contributed by atoms with E-state index in [1.54, 1.807) is 6.07 Å². The summed E-state index contributed by atoms with van der Waals surface area (Å²) in [7, 11) is -3.14. The average molecular weight is 480 g/mol. The van der Waals surface area contributed by atoms with Crippen molar-refractivity contribution in [2.45, 2.75) is 32.2 Å². The minimum atomic E-state index is -3.14. The van der Waals surface area contributed by atoms with E-state index < -0.39 is 46.8 Å². The molecule has 1 amide bonds. The molecule has 1 atom stereocenters. The van der Waals surface area contributed by atoms with Gasteiger partial charge in [-0.3, -0.25) is 4.79 Å². The van der Waals surface area contributed by atoms with E-state index in [2.05, 4.69) is 15.9 Å². The van der Waals surface area contributed by atoms with Crippen molar-refractivity contribution >= 4 is 37.6 Å². The summed E-state index contributed by atoms with van der Waals surface area (Å²) in [5.41, 5.74) is 0. The van der Waals surface area contributed by atoms with Gasteiger partial charge < -0.3 is 14.4 Å². The number of amides is 1. The Bertz CT molecular complexity index is 816. The van der Waals surface area contributed by atoms with Crippen LogP contribution in [0.25, 0.3) is 0 Å². The number of esters is 1. The molecule has 0 aromatic heterocycles. The lowest BCUT2D eigenvalue weighted by atomic mass is 10.2. The molecule has 0 spiro atoms. The van der Waals surface area contributed by atoms with Crippen molar-refractivity contribution in [1.82, 2.24) is 4.90 Å². The summed E-state index contributed by atoms with van der Waals surface area (Å²) in [6.07, 6.45) is 1.95. The Balaban J connectivity index is 1.86. The van der Waals surface area contributed by atoms with Crippen LogP contribution in [0.4, 0.5) is 4.39 Å². The fraction of sp³-hybridized carbons (Fsp3) is 0.556. The van der Waals surface area contributed by atoms with E-state index in [1.807, 2.05) is 6.92 Å². The van der Waals surface area contributed by atoms with Crippen LogP contribution >= 0.6 is 15.9 Å². The third kappa shape index (κ3) is 6.73. The second-order valence-electron chi connectivity index (χ2n) is 6.52. The van der Waals surface area contributed by atoms with Gasteiger partial charge in [-0.1, -0.05) is 29.3 Å². The summed E-state index contributed by atoms with van der Waals surface area (Å²) in [4.78, 5) is 25.8. The zero-order chi connectivity index (χ0) is 20.7. The van der Waals surface area contributed by atoms with Crippen LogP contribution < -0.4 is 4.74 Å². The molecule has 0 saturated carbocycles. The van der Waals surface area contributed by atoms with Crippen molar-refractivity contribution in [3.8, 4) is 5.75 Å². The van der Waals surface area contributed by atoms with Crippen LogP contribution in [0.2, 0.25) is 0 Å². The highest BCUT2D eigenvalue weighted by molar-refractivity contribution is 9.10. The van der Waals surface area contributed by atoms with E-state index in [0.717, 1.165) is 12.8 Å². The highest BCUT2D eigenvalue weighted by atomic mass is 79.9. The van der Waals surface area contributed by atoms with Gasteiger partial charge in [-0.05, 0) is 31.0 Å². The highest BCUT2D eigenvalue weighted by Gasteiger charge is 2.34. The summed E-state index contributed by atoms with van der Waals surface area (Å²) < 4.78 is 47.6. The number of sulfone groups is 1. The van der Waals surface area contributed by atoms with Gasteiger partial charge in [0.2, 0.25) is 0 Å². The van der Waals surface area contributed by atoms with Gasteiger partial charge in [-0.15, -0.1) is 0 Å². The summed E-state index contributed by atoms with van der Waals surface area (Å²) in [5, 5.41) is 0. The third-order valence-electron chi connectivity index (χ3n) is 4.32. The van der Waals surface area contributed by atoms with E-state index in [9.17, 15) is 22.4 Å². The second kappa shape index (κ2) is 10.2. The molecule has 0 aliphatic carbocycles. The van der Waals surface area contributed by atoms with Crippen LogP contribution in [-0.2, 0) is 24.2 Å². The van der Waals surface area contributed by atoms with Crippen molar-refractivity contribution in [3.05, 3.63) is 28.5 Å². The number of ether oxygens (including phenoxy) is 2. The fourth-order valence-corrected chi connectivity index (χ4v) is 4.92. The normalized spacial score (nSPS) is 17.9. The first-order valence-electron chi connectivity index (χ1n) is 8.95. The van der Waals surface area contributed by atoms with Crippen molar-refractivity contribution in [1.29, 1.82) is 0 Å². The van der Waals surface area contributed by atoms with Crippen LogP contribution in [0.3, 0.4) is 0 Å². The van der Waals surface area contributed by atoms with Crippen LogP contribution in [0.15, 0.2) is 22.7 Å². The number of benzene rings is 1. The molecule has 0 N–H and O–H groups in total. The number of hydrogen-bond acceptors (Lipinski definition) is 6. The van der Waals surface area contributed by atoms with Crippen molar-refractivity contribution < 1.29 is 31.9 Å². The number of hydrogen-bond donors (Lipinski definition) is 0. The molecule has 1 unspecified atom stereocenters. The molecule has 0 bridgehead atoms. The maximum Gasteiger partial charge on any atom is 0.344 e. The standard InChI is InChI=1S/C18H23BrFNO6S/c1-2-3-7-21(14-6-8-28(24,25)12-14)17(22)10-27-18(23)11-26-16-5-4-13(19)9-15(16)20/h4-5,9,14H,2-3,6-8,10-12H2,1H3. The summed E-state index contributed by atoms with van der Waals surface area (Å²) >= 11 is 3.12. The summed E-state index contributed by atoms with van der Waals surface area (Å²) in [6, 6.07) is 3.74. The monoisotopic (exact) mass is 479 g/mol. The molecule has 156 valence electrons. The van der Waals surface area contributed by atoms with E-state index in [1.165, 1.54) is 17.0 Å². The van der Waals surface area contributed by atoms with E-state index in [4.69, 9.17) is 9.47 Å². The average Bonchev–Trinajstić information content (AvgIpc) is 2.99. The smallest absolute Gasteiger partial charge is 0.344 e. The molecule has 1 saturated heterocycles. The lowest BCUT2D eigenvalue weighted by Crippen LogP contribution is -2.44. The first kappa shape index (κ1) is 22.6. The molecule has 2 rings (SSSR count). The SMILES string of the molecule is CCCCN(C(=O)COC(=O)COc1ccc(Br)cc1F)C1CCS(=O)(=O)C1. The van der Waals surface area contributed by atoms with Crippen LogP contribution in [-0.4, -0.2) is 62.5 Å². The molecular weight excluding hydrogens is 457 g/mol. The van der Waals surface area contributed by atoms with Gasteiger partial charge in [0.05, 0.1) is 11.5 Å². The Morgan fingerprint density at radius 3 is 2.68 bits per heavy atom. The molecule has 28 heavy (non-hydrogen) atoms. The van der Waals surface area contributed by atoms with Gasteiger partial charge in [0, 0.05) is 17.1 Å². The number of carbonyl (C=O) groups is 2. The lowest BCUT2D eigenvalue weighted by Gasteiger charge is -2.28. The van der Waals surface area contributed by atoms with Crippen molar-refractivity contribution in [2.24, 2.45) is 0 Å². The van der Waals surface area contributed by atoms with Crippen LogP contribution in [0.1, 0.15) is 26.2 Å². The minimum absolute atomic E-state index is 0.0555. The maximum atomic E-state index is 13.7. The topological polar surface area (TPSA) is 90.0 Å². The fourth-order valence-electron chi connectivity index (χ4n) is 2.86. The van der Waals surface area contributed by atoms with Crippen LogP contribution in [0.5, 0.6) is 5.75 Å². The predicted molar refractivity (Wildman–Crippen MR) is 104 cm³/mol. The first-order chi connectivity index (χ1) is 13.2. The molecule has 1 heterocycles. The van der Waals surface area contributed by atoms with Gasteiger partial charge in [0.25, 0.3) is 5.91 Å². The summed E-state index contributed by atoms with van der Waals surface area (Å²) in [6.45, 7) is 1.32. The van der Waals surface area contributed by atoms with E-state index in [0.29, 0.717) is 17.4 Å². The quantitative estimate of drug-likeness (QED) is 0.504. The molecule has 1 fully saturated rings. The van der Waals surface area contributed by atoms with Gasteiger partial charge in [0.1, 0.15) is 0 Å². The zero-order valence-corrected chi connectivity index (χ0v) is 17.9. The van der Waals surface area contributed by atoms with Gasteiger partial charge >= 0.3 is 5.97 Å². The number of rotatable bonds is 9. The highest BCUT2D eigenvalue weighted by Crippen LogP contribution is 2.21. The molecule has 1 aliphatic rings. The van der Waals surface area contributed by atoms with Gasteiger partial charge in [0.15, 0.2) is 34.6 Å². The maximum absolute atomic E-state index is 13.7. The lowest BCUT2D eigenvalue weighted by molar-refractivity contribution is -0.154. The Morgan fingerprint density at radius 2 is 2.07 bits per heavy atom. The largest absolute Gasteiger partial charge is 0.479 e. The first-order valence-corrected chi connectivity index (χ1v) is 11.6. The Kier molecular flexibility index (Phi) is 8.23. The van der Waals surface area contributed by atoms with E-state index >= 15 is 0 Å². The predicted octanol–water partition coefficient (Wildman–Crippen LogP) is 2.33. The Labute approximate surface area is 172 Å². The molecule has 0 radical (unpaired) electrons. The van der Waals surface area contributed by atoms with Gasteiger partial charge in [-0.25, -0.2) is 17.6 Å². The second-order valence-corrected chi connectivity index (χ2v) is 9.67. The summed E-state index contributed by atoms with van der Waals surface area (Å²) in [5.74, 6) is -2.01. The van der Waals surface area contributed by atoms with E-state index in [-0.39, 0.29) is 17.3 Å². The molecular formula is C18H23BrFNO6S. The zero-order valence-electron chi connectivity index (χ0n) is 15.5. The van der Waals surface area contributed by atoms with Crippen molar-refractivity contribution in [2.75, 3.05) is 31.3 Å².